The Morgan fingerprint density at radius 3 is 2.88 bits per heavy atom. The molecule has 92 valence electrons. The second-order valence-corrected chi connectivity index (χ2v) is 4.58. The van der Waals surface area contributed by atoms with E-state index in [0.29, 0.717) is 11.5 Å². The quantitative estimate of drug-likeness (QED) is 0.783. The topological polar surface area (TPSA) is 58.7 Å². The minimum atomic E-state index is -0.277. The van der Waals surface area contributed by atoms with E-state index in [2.05, 4.69) is 4.90 Å². The molecule has 1 aromatic carbocycles. The van der Waals surface area contributed by atoms with Gasteiger partial charge in [0.1, 0.15) is 10.7 Å². The van der Waals surface area contributed by atoms with Gasteiger partial charge < -0.3 is 20.5 Å². The largest absolute Gasteiger partial charge is 0.497 e. The van der Waals surface area contributed by atoms with Crippen LogP contribution in [0.4, 0.5) is 5.69 Å². The molecule has 1 heterocycles. The molecule has 0 bridgehead atoms. The van der Waals surface area contributed by atoms with Crippen LogP contribution in [0.2, 0.25) is 0 Å². The highest BCUT2D eigenvalue weighted by molar-refractivity contribution is 7.80. The number of hydrogen-bond acceptors (Lipinski definition) is 4. The van der Waals surface area contributed by atoms with Crippen LogP contribution in [0, 0.1) is 0 Å². The van der Waals surface area contributed by atoms with Gasteiger partial charge in [-0.1, -0.05) is 12.2 Å². The van der Waals surface area contributed by atoms with Crippen molar-refractivity contribution in [1.29, 1.82) is 0 Å². The molecule has 1 aromatic rings. The Labute approximate surface area is 106 Å². The Morgan fingerprint density at radius 1 is 1.59 bits per heavy atom. The summed E-state index contributed by atoms with van der Waals surface area (Å²) in [7, 11) is 1.62. The Morgan fingerprint density at radius 2 is 2.35 bits per heavy atom. The Bertz CT molecular complexity index is 437. The van der Waals surface area contributed by atoms with Gasteiger partial charge in [0.25, 0.3) is 0 Å². The number of thiocarbonyl (C=S) groups is 1. The smallest absolute Gasteiger partial charge is 0.120 e. The maximum atomic E-state index is 9.58. The van der Waals surface area contributed by atoms with E-state index in [1.807, 2.05) is 18.2 Å². The first-order valence-electron chi connectivity index (χ1n) is 5.52. The molecule has 1 saturated heterocycles. The standard InChI is InChI=1S/C12H16N2O2S/c1-16-9-2-3-10(12(13)17)11(6-9)14-5-4-8(15)7-14/h2-3,6,8,15H,4-5,7H2,1H3,(H2,13,17). The van der Waals surface area contributed by atoms with Gasteiger partial charge in [0.2, 0.25) is 0 Å². The Balaban J connectivity index is 2.38. The van der Waals surface area contributed by atoms with Crippen LogP contribution >= 0.6 is 12.2 Å². The molecule has 3 N–H and O–H groups in total. The van der Waals surface area contributed by atoms with Crippen molar-refractivity contribution in [2.75, 3.05) is 25.1 Å². The van der Waals surface area contributed by atoms with Crippen LogP contribution in [-0.2, 0) is 0 Å². The van der Waals surface area contributed by atoms with Crippen LogP contribution in [0.25, 0.3) is 0 Å². The molecule has 2 rings (SSSR count). The summed E-state index contributed by atoms with van der Waals surface area (Å²) in [5.74, 6) is 0.765. The average molecular weight is 252 g/mol. The van der Waals surface area contributed by atoms with Crippen molar-refractivity contribution in [3.05, 3.63) is 23.8 Å². The van der Waals surface area contributed by atoms with E-state index in [0.717, 1.165) is 30.0 Å². The molecule has 0 radical (unpaired) electrons. The molecule has 0 spiro atoms. The van der Waals surface area contributed by atoms with Crippen LogP contribution < -0.4 is 15.4 Å². The fourth-order valence-electron chi connectivity index (χ4n) is 2.07. The number of nitrogens with zero attached hydrogens (tertiary/aromatic N) is 1. The first kappa shape index (κ1) is 12.1. The summed E-state index contributed by atoms with van der Waals surface area (Å²) >= 11 is 5.04. The maximum Gasteiger partial charge on any atom is 0.120 e. The van der Waals surface area contributed by atoms with Crippen LogP contribution in [0.5, 0.6) is 5.75 Å². The van der Waals surface area contributed by atoms with Gasteiger partial charge in [0, 0.05) is 24.7 Å². The minimum Gasteiger partial charge on any atom is -0.497 e. The van der Waals surface area contributed by atoms with Gasteiger partial charge in [-0.25, -0.2) is 0 Å². The summed E-state index contributed by atoms with van der Waals surface area (Å²) in [5.41, 5.74) is 7.48. The normalized spacial score (nSPS) is 19.4. The lowest BCUT2D eigenvalue weighted by Gasteiger charge is -2.21. The van der Waals surface area contributed by atoms with E-state index in [4.69, 9.17) is 22.7 Å². The molecule has 1 unspecified atom stereocenters. The van der Waals surface area contributed by atoms with Crippen molar-refractivity contribution < 1.29 is 9.84 Å². The highest BCUT2D eigenvalue weighted by Crippen LogP contribution is 2.29. The second kappa shape index (κ2) is 4.89. The zero-order valence-corrected chi connectivity index (χ0v) is 10.5. The van der Waals surface area contributed by atoms with E-state index in [9.17, 15) is 5.11 Å². The molecule has 17 heavy (non-hydrogen) atoms. The van der Waals surface area contributed by atoms with Gasteiger partial charge in [0.05, 0.1) is 18.9 Å². The highest BCUT2D eigenvalue weighted by Gasteiger charge is 2.23. The first-order valence-corrected chi connectivity index (χ1v) is 5.93. The SMILES string of the molecule is COc1ccc(C(N)=S)c(N2CCC(O)C2)c1. The number of hydrogen-bond donors (Lipinski definition) is 2. The van der Waals surface area contributed by atoms with Gasteiger partial charge in [-0.15, -0.1) is 0 Å². The summed E-state index contributed by atoms with van der Waals surface area (Å²) in [6.45, 7) is 1.42. The summed E-state index contributed by atoms with van der Waals surface area (Å²) in [5, 5.41) is 9.58. The monoisotopic (exact) mass is 252 g/mol. The van der Waals surface area contributed by atoms with Crippen LogP contribution in [0.15, 0.2) is 18.2 Å². The molecule has 1 fully saturated rings. The van der Waals surface area contributed by atoms with Crippen molar-refractivity contribution in [1.82, 2.24) is 0 Å². The molecule has 0 aromatic heterocycles. The summed E-state index contributed by atoms with van der Waals surface area (Å²) in [4.78, 5) is 2.45. The molecule has 0 saturated carbocycles. The van der Waals surface area contributed by atoms with Crippen molar-refractivity contribution >= 4 is 22.9 Å². The number of aliphatic hydroxyl groups excluding tert-OH is 1. The first-order chi connectivity index (χ1) is 8.11. The number of rotatable bonds is 3. The molecule has 5 heteroatoms. The minimum absolute atomic E-state index is 0.277. The van der Waals surface area contributed by atoms with E-state index in [1.165, 1.54) is 0 Å². The molecule has 0 amide bonds. The number of ether oxygens (including phenoxy) is 1. The summed E-state index contributed by atoms with van der Waals surface area (Å²) in [6.07, 6.45) is 0.494. The average Bonchev–Trinajstić information content (AvgIpc) is 2.75. The summed E-state index contributed by atoms with van der Waals surface area (Å²) < 4.78 is 5.20. The van der Waals surface area contributed by atoms with Crippen LogP contribution in [-0.4, -0.2) is 36.4 Å². The zero-order chi connectivity index (χ0) is 12.4. The molecule has 0 aliphatic carbocycles. The lowest BCUT2D eigenvalue weighted by molar-refractivity contribution is 0.198. The van der Waals surface area contributed by atoms with E-state index in [1.54, 1.807) is 7.11 Å². The molecule has 1 atom stereocenters. The molecular formula is C12H16N2O2S. The van der Waals surface area contributed by atoms with Gasteiger partial charge >= 0.3 is 0 Å². The molecular weight excluding hydrogens is 236 g/mol. The van der Waals surface area contributed by atoms with E-state index >= 15 is 0 Å². The number of anilines is 1. The number of benzene rings is 1. The predicted molar refractivity (Wildman–Crippen MR) is 71.7 cm³/mol. The predicted octanol–water partition coefficient (Wildman–Crippen LogP) is 0.900. The lowest BCUT2D eigenvalue weighted by Crippen LogP contribution is -2.24. The molecule has 1 aliphatic heterocycles. The fourth-order valence-corrected chi connectivity index (χ4v) is 2.24. The van der Waals surface area contributed by atoms with Crippen molar-refractivity contribution in [2.24, 2.45) is 5.73 Å². The van der Waals surface area contributed by atoms with Gasteiger partial charge in [-0.2, -0.15) is 0 Å². The van der Waals surface area contributed by atoms with Gasteiger partial charge in [-0.05, 0) is 18.6 Å². The number of nitrogens with two attached hydrogens (primary N) is 1. The number of aliphatic hydroxyl groups is 1. The highest BCUT2D eigenvalue weighted by atomic mass is 32.1. The van der Waals surface area contributed by atoms with Crippen molar-refractivity contribution in [2.45, 2.75) is 12.5 Å². The Hall–Kier alpha value is -1.33. The lowest BCUT2D eigenvalue weighted by atomic mass is 10.1. The van der Waals surface area contributed by atoms with Crippen LogP contribution in [0.1, 0.15) is 12.0 Å². The second-order valence-electron chi connectivity index (χ2n) is 4.14. The van der Waals surface area contributed by atoms with Gasteiger partial charge in [0.15, 0.2) is 0 Å². The number of β-amino-alcohol motifs (C(OH)–C–C–N with tert-alkyl or cyclic N) is 1. The maximum absolute atomic E-state index is 9.58. The fraction of sp³-hybridized carbons (Fsp3) is 0.417. The van der Waals surface area contributed by atoms with Crippen LogP contribution in [0.3, 0.4) is 0 Å². The zero-order valence-electron chi connectivity index (χ0n) is 9.72. The molecule has 1 aliphatic rings. The molecule has 4 nitrogen and oxygen atoms in total. The van der Waals surface area contributed by atoms with E-state index in [-0.39, 0.29) is 6.10 Å². The summed E-state index contributed by atoms with van der Waals surface area (Å²) in [6, 6.07) is 5.61. The van der Waals surface area contributed by atoms with Crippen molar-refractivity contribution in [3.8, 4) is 5.75 Å². The third-order valence-electron chi connectivity index (χ3n) is 2.97. The van der Waals surface area contributed by atoms with E-state index < -0.39 is 0 Å². The van der Waals surface area contributed by atoms with Gasteiger partial charge in [-0.3, -0.25) is 0 Å². The third-order valence-corrected chi connectivity index (χ3v) is 3.19. The number of methoxy groups -OCH3 is 1. The Kier molecular flexibility index (Phi) is 3.49. The van der Waals surface area contributed by atoms with Crippen molar-refractivity contribution in [3.63, 3.8) is 0 Å². The third kappa shape index (κ3) is 2.50.